The van der Waals surface area contributed by atoms with Gasteiger partial charge in [0.05, 0.1) is 5.60 Å². The van der Waals surface area contributed by atoms with Crippen LogP contribution >= 0.6 is 0 Å². The van der Waals surface area contributed by atoms with Crippen LogP contribution in [0.3, 0.4) is 0 Å². The number of allylic oxidation sites excluding steroid dienone is 3. The Hall–Kier alpha value is -0.560. The van der Waals surface area contributed by atoms with E-state index in [1.54, 1.807) is 0 Å². The minimum atomic E-state index is -0.559. The molecule has 1 rings (SSSR count). The molecule has 1 nitrogen and oxygen atoms in total. The van der Waals surface area contributed by atoms with E-state index in [2.05, 4.69) is 32.9 Å². The van der Waals surface area contributed by atoms with E-state index in [1.165, 1.54) is 18.4 Å². The average molecular weight is 222 g/mol. The van der Waals surface area contributed by atoms with E-state index in [-0.39, 0.29) is 0 Å². The number of rotatable bonds is 4. The van der Waals surface area contributed by atoms with Gasteiger partial charge in [0, 0.05) is 0 Å². The van der Waals surface area contributed by atoms with E-state index in [4.69, 9.17) is 0 Å². The second-order valence-electron chi connectivity index (χ2n) is 5.75. The minimum Gasteiger partial charge on any atom is -0.386 e. The monoisotopic (exact) mass is 222 g/mol. The van der Waals surface area contributed by atoms with Gasteiger partial charge in [0.15, 0.2) is 0 Å². The third-order valence-electron chi connectivity index (χ3n) is 3.59. The van der Waals surface area contributed by atoms with Gasteiger partial charge in [0.1, 0.15) is 0 Å². The molecule has 0 heterocycles. The summed E-state index contributed by atoms with van der Waals surface area (Å²) in [4.78, 5) is 0. The second kappa shape index (κ2) is 5.67. The Morgan fingerprint density at radius 1 is 1.56 bits per heavy atom. The van der Waals surface area contributed by atoms with Gasteiger partial charge < -0.3 is 5.11 Å². The molecule has 0 radical (unpaired) electrons. The van der Waals surface area contributed by atoms with Crippen molar-refractivity contribution in [3.05, 3.63) is 23.8 Å². The smallest absolute Gasteiger partial charge is 0.0800 e. The summed E-state index contributed by atoms with van der Waals surface area (Å²) < 4.78 is 0. The van der Waals surface area contributed by atoms with E-state index in [0.29, 0.717) is 5.92 Å². The Morgan fingerprint density at radius 3 is 2.75 bits per heavy atom. The van der Waals surface area contributed by atoms with Crippen LogP contribution in [-0.2, 0) is 0 Å². The summed E-state index contributed by atoms with van der Waals surface area (Å²) in [7, 11) is 0. The van der Waals surface area contributed by atoms with Crippen LogP contribution in [0, 0.1) is 11.8 Å². The average Bonchev–Trinajstić information content (AvgIpc) is 2.16. The molecule has 1 aliphatic carbocycles. The van der Waals surface area contributed by atoms with E-state index < -0.39 is 5.60 Å². The van der Waals surface area contributed by atoms with Crippen molar-refractivity contribution in [3.63, 3.8) is 0 Å². The lowest BCUT2D eigenvalue weighted by atomic mass is 9.79. The molecule has 0 saturated carbocycles. The molecular formula is C15H26O. The first kappa shape index (κ1) is 13.5. The first-order valence-electron chi connectivity index (χ1n) is 6.46. The fourth-order valence-electron chi connectivity index (χ4n) is 2.29. The zero-order chi connectivity index (χ0) is 12.2. The quantitative estimate of drug-likeness (QED) is 0.710. The maximum atomic E-state index is 9.83. The fourth-order valence-corrected chi connectivity index (χ4v) is 2.29. The molecular weight excluding hydrogens is 196 g/mol. The van der Waals surface area contributed by atoms with Crippen molar-refractivity contribution in [2.24, 2.45) is 11.8 Å². The van der Waals surface area contributed by atoms with Gasteiger partial charge in [0.25, 0.3) is 0 Å². The first-order valence-corrected chi connectivity index (χ1v) is 6.46. The third-order valence-corrected chi connectivity index (χ3v) is 3.59. The molecule has 0 aliphatic heterocycles. The Balaban J connectivity index is 2.39. The van der Waals surface area contributed by atoms with Crippen LogP contribution in [0.1, 0.15) is 53.4 Å². The minimum absolute atomic E-state index is 0.559. The highest BCUT2D eigenvalue weighted by Gasteiger charge is 2.25. The summed E-state index contributed by atoms with van der Waals surface area (Å²) in [6, 6.07) is 0. The zero-order valence-corrected chi connectivity index (χ0v) is 11.2. The normalized spacial score (nSPS) is 31.2. The van der Waals surface area contributed by atoms with Crippen LogP contribution in [0.4, 0.5) is 0 Å². The molecule has 1 aliphatic rings. The largest absolute Gasteiger partial charge is 0.386 e. The van der Waals surface area contributed by atoms with Gasteiger partial charge in [-0.2, -0.15) is 0 Å². The molecule has 16 heavy (non-hydrogen) atoms. The van der Waals surface area contributed by atoms with E-state index in [9.17, 15) is 5.11 Å². The molecule has 1 heteroatoms. The summed E-state index contributed by atoms with van der Waals surface area (Å²) in [6.45, 7) is 8.53. The predicted molar refractivity (Wildman–Crippen MR) is 70.3 cm³/mol. The predicted octanol–water partition coefficient (Wildman–Crippen LogP) is 4.09. The molecule has 0 fully saturated rings. The van der Waals surface area contributed by atoms with Crippen LogP contribution in [0.5, 0.6) is 0 Å². The summed E-state index contributed by atoms with van der Waals surface area (Å²) in [5, 5.41) is 9.83. The lowest BCUT2D eigenvalue weighted by Gasteiger charge is -2.30. The summed E-state index contributed by atoms with van der Waals surface area (Å²) in [6.07, 6.45) is 11.0. The van der Waals surface area contributed by atoms with Crippen LogP contribution in [0.15, 0.2) is 23.8 Å². The van der Waals surface area contributed by atoms with Crippen molar-refractivity contribution in [1.29, 1.82) is 0 Å². The van der Waals surface area contributed by atoms with Crippen LogP contribution in [0.25, 0.3) is 0 Å². The SMILES string of the molecule is CC(C)=CCC[C@H](C)[C@H]1C=C[C@@](C)(O)CC1. The van der Waals surface area contributed by atoms with Crippen LogP contribution in [0.2, 0.25) is 0 Å². The lowest BCUT2D eigenvalue weighted by molar-refractivity contribution is 0.0833. The molecule has 1 N–H and O–H groups in total. The number of hydrogen-bond acceptors (Lipinski definition) is 1. The molecule has 0 aromatic heterocycles. The highest BCUT2D eigenvalue weighted by atomic mass is 16.3. The van der Waals surface area contributed by atoms with Gasteiger partial charge in [0.2, 0.25) is 0 Å². The maximum absolute atomic E-state index is 9.83. The van der Waals surface area contributed by atoms with Crippen molar-refractivity contribution >= 4 is 0 Å². The van der Waals surface area contributed by atoms with Crippen molar-refractivity contribution in [2.45, 2.75) is 59.0 Å². The van der Waals surface area contributed by atoms with Crippen molar-refractivity contribution < 1.29 is 5.11 Å². The topological polar surface area (TPSA) is 20.2 Å². The zero-order valence-electron chi connectivity index (χ0n) is 11.2. The molecule has 0 unspecified atom stereocenters. The standard InChI is InChI=1S/C15H26O/c1-12(2)6-5-7-13(3)14-8-10-15(4,16)11-9-14/h6,8,10,13-14,16H,5,7,9,11H2,1-4H3/t13-,14-,15+/m0/s1. The van der Waals surface area contributed by atoms with Crippen molar-refractivity contribution in [2.75, 3.05) is 0 Å². The van der Waals surface area contributed by atoms with Crippen molar-refractivity contribution in [1.82, 2.24) is 0 Å². The van der Waals surface area contributed by atoms with E-state index in [1.807, 2.05) is 13.0 Å². The fraction of sp³-hybridized carbons (Fsp3) is 0.733. The molecule has 92 valence electrons. The van der Waals surface area contributed by atoms with Gasteiger partial charge in [-0.15, -0.1) is 0 Å². The van der Waals surface area contributed by atoms with Gasteiger partial charge in [-0.3, -0.25) is 0 Å². The molecule has 0 amide bonds. The molecule has 0 spiro atoms. The number of aliphatic hydroxyl groups is 1. The van der Waals surface area contributed by atoms with Gasteiger partial charge >= 0.3 is 0 Å². The maximum Gasteiger partial charge on any atom is 0.0800 e. The Kier molecular flexibility index (Phi) is 4.79. The summed E-state index contributed by atoms with van der Waals surface area (Å²) >= 11 is 0. The van der Waals surface area contributed by atoms with Gasteiger partial charge in [-0.05, 0) is 58.3 Å². The number of hydrogen-bond donors (Lipinski definition) is 1. The van der Waals surface area contributed by atoms with Gasteiger partial charge in [-0.1, -0.05) is 30.7 Å². The van der Waals surface area contributed by atoms with Crippen LogP contribution in [-0.4, -0.2) is 10.7 Å². The first-order chi connectivity index (χ1) is 7.41. The molecule has 0 aromatic carbocycles. The van der Waals surface area contributed by atoms with E-state index in [0.717, 1.165) is 18.8 Å². The van der Waals surface area contributed by atoms with Gasteiger partial charge in [-0.25, -0.2) is 0 Å². The van der Waals surface area contributed by atoms with Crippen LogP contribution < -0.4 is 0 Å². The summed E-state index contributed by atoms with van der Waals surface area (Å²) in [5.74, 6) is 1.38. The Labute approximate surface area is 100 Å². The highest BCUT2D eigenvalue weighted by Crippen LogP contribution is 2.31. The third kappa shape index (κ3) is 4.52. The molecule has 0 aromatic rings. The molecule has 0 saturated heterocycles. The molecule has 0 bridgehead atoms. The lowest BCUT2D eigenvalue weighted by Crippen LogP contribution is -2.27. The Morgan fingerprint density at radius 2 is 2.25 bits per heavy atom. The summed E-state index contributed by atoms with van der Waals surface area (Å²) in [5.41, 5.74) is 0.852. The highest BCUT2D eigenvalue weighted by molar-refractivity contribution is 5.06. The molecule has 3 atom stereocenters. The second-order valence-corrected chi connectivity index (χ2v) is 5.75. The van der Waals surface area contributed by atoms with E-state index >= 15 is 0 Å². The van der Waals surface area contributed by atoms with Crippen molar-refractivity contribution in [3.8, 4) is 0 Å². The Bertz CT molecular complexity index is 269.